The first-order chi connectivity index (χ1) is 9.62. The topological polar surface area (TPSA) is 33.2 Å². The van der Waals surface area contributed by atoms with E-state index < -0.39 is 0 Å². The van der Waals surface area contributed by atoms with Gasteiger partial charge in [-0.15, -0.1) is 22.9 Å². The van der Waals surface area contributed by atoms with Gasteiger partial charge in [-0.1, -0.05) is 26.7 Å². The first kappa shape index (κ1) is 15.8. The van der Waals surface area contributed by atoms with E-state index in [4.69, 9.17) is 11.6 Å². The number of aromatic nitrogens is 1. The number of amides is 1. The molecule has 0 atom stereocenters. The van der Waals surface area contributed by atoms with Crippen molar-refractivity contribution in [2.75, 3.05) is 13.1 Å². The zero-order valence-corrected chi connectivity index (χ0v) is 13.9. The summed E-state index contributed by atoms with van der Waals surface area (Å²) in [5, 5.41) is 2.82. The lowest BCUT2D eigenvalue weighted by atomic mass is 9.74. The fourth-order valence-electron chi connectivity index (χ4n) is 2.92. The van der Waals surface area contributed by atoms with Crippen molar-refractivity contribution in [3.8, 4) is 0 Å². The molecule has 1 aromatic rings. The van der Waals surface area contributed by atoms with Crippen LogP contribution in [-0.4, -0.2) is 28.9 Å². The van der Waals surface area contributed by atoms with Crippen molar-refractivity contribution in [1.29, 1.82) is 0 Å². The number of nitrogens with zero attached hydrogens (tertiary/aromatic N) is 2. The molecule has 3 nitrogen and oxygen atoms in total. The fraction of sp³-hybridized carbons (Fsp3) is 0.733. The quantitative estimate of drug-likeness (QED) is 0.773. The number of hydrogen-bond acceptors (Lipinski definition) is 3. The molecule has 0 aliphatic carbocycles. The van der Waals surface area contributed by atoms with E-state index >= 15 is 0 Å². The first-order valence-corrected chi connectivity index (χ1v) is 8.81. The van der Waals surface area contributed by atoms with Gasteiger partial charge >= 0.3 is 0 Å². The molecule has 20 heavy (non-hydrogen) atoms. The van der Waals surface area contributed by atoms with Crippen molar-refractivity contribution >= 4 is 28.8 Å². The van der Waals surface area contributed by atoms with E-state index in [0.29, 0.717) is 17.7 Å². The Morgan fingerprint density at radius 1 is 1.40 bits per heavy atom. The van der Waals surface area contributed by atoms with Crippen molar-refractivity contribution in [2.45, 2.75) is 51.8 Å². The first-order valence-electron chi connectivity index (χ1n) is 7.39. The molecule has 1 aliphatic rings. The number of rotatable bonds is 5. The minimum absolute atomic E-state index is 0.210. The lowest BCUT2D eigenvalue weighted by molar-refractivity contribution is -0.132. The normalized spacial score (nSPS) is 18.2. The molecule has 5 heteroatoms. The molecule has 1 amide bonds. The lowest BCUT2D eigenvalue weighted by Crippen LogP contribution is -2.43. The third kappa shape index (κ3) is 3.53. The summed E-state index contributed by atoms with van der Waals surface area (Å²) in [7, 11) is 0. The zero-order valence-electron chi connectivity index (χ0n) is 12.3. The second-order valence-electron chi connectivity index (χ2n) is 5.63. The van der Waals surface area contributed by atoms with Gasteiger partial charge in [0.25, 0.3) is 0 Å². The van der Waals surface area contributed by atoms with Crippen LogP contribution in [0.1, 0.15) is 50.2 Å². The molecule has 2 heterocycles. The zero-order chi connectivity index (χ0) is 14.6. The Labute approximate surface area is 130 Å². The predicted octanol–water partition coefficient (Wildman–Crippen LogP) is 3.85. The molecular weight excluding hydrogens is 292 g/mol. The summed E-state index contributed by atoms with van der Waals surface area (Å²) >= 11 is 7.27. The van der Waals surface area contributed by atoms with Crippen LogP contribution in [0.2, 0.25) is 0 Å². The average molecular weight is 315 g/mol. The largest absolute Gasteiger partial charge is 0.342 e. The molecule has 1 saturated heterocycles. The van der Waals surface area contributed by atoms with E-state index in [1.807, 2.05) is 10.3 Å². The predicted molar refractivity (Wildman–Crippen MR) is 84.2 cm³/mol. The number of piperidine rings is 1. The van der Waals surface area contributed by atoms with Crippen LogP contribution >= 0.6 is 22.9 Å². The highest BCUT2D eigenvalue weighted by atomic mass is 35.5. The van der Waals surface area contributed by atoms with Gasteiger partial charge in [-0.3, -0.25) is 4.79 Å². The molecule has 0 aromatic carbocycles. The molecule has 1 fully saturated rings. The van der Waals surface area contributed by atoms with Gasteiger partial charge in [0.2, 0.25) is 5.91 Å². The summed E-state index contributed by atoms with van der Waals surface area (Å²) in [6.07, 6.45) is 5.13. The Morgan fingerprint density at radius 3 is 2.55 bits per heavy atom. The maximum Gasteiger partial charge on any atom is 0.229 e. The van der Waals surface area contributed by atoms with Crippen LogP contribution in [0.3, 0.4) is 0 Å². The SMILES string of the molecule is CCC1(CC)CCN(C(=O)Cc2nc(CCl)cs2)CC1. The summed E-state index contributed by atoms with van der Waals surface area (Å²) in [6.45, 7) is 6.33. The Morgan fingerprint density at radius 2 is 2.05 bits per heavy atom. The monoisotopic (exact) mass is 314 g/mol. The summed E-state index contributed by atoms with van der Waals surface area (Å²) in [5.41, 5.74) is 1.33. The number of halogens is 1. The molecule has 2 rings (SSSR count). The summed E-state index contributed by atoms with van der Waals surface area (Å²) < 4.78 is 0. The Hall–Kier alpha value is -0.610. The van der Waals surface area contributed by atoms with Crippen LogP contribution in [0, 0.1) is 5.41 Å². The van der Waals surface area contributed by atoms with Crippen LogP contribution in [0.15, 0.2) is 5.38 Å². The molecule has 0 radical (unpaired) electrons. The molecule has 1 aliphatic heterocycles. The Bertz CT molecular complexity index is 446. The summed E-state index contributed by atoms with van der Waals surface area (Å²) in [6, 6.07) is 0. The summed E-state index contributed by atoms with van der Waals surface area (Å²) in [5.74, 6) is 0.630. The second-order valence-corrected chi connectivity index (χ2v) is 6.84. The number of thiazole rings is 1. The van der Waals surface area contributed by atoms with Crippen molar-refractivity contribution in [3.63, 3.8) is 0 Å². The van der Waals surface area contributed by atoms with E-state index in [9.17, 15) is 4.79 Å². The molecule has 0 spiro atoms. The van der Waals surface area contributed by atoms with Crippen LogP contribution < -0.4 is 0 Å². The molecule has 0 unspecified atom stereocenters. The van der Waals surface area contributed by atoms with Crippen LogP contribution in [0.4, 0.5) is 0 Å². The van der Waals surface area contributed by atoms with Gasteiger partial charge in [-0.25, -0.2) is 4.98 Å². The lowest BCUT2D eigenvalue weighted by Gasteiger charge is -2.41. The molecule has 0 saturated carbocycles. The van der Waals surface area contributed by atoms with Gasteiger partial charge in [0.05, 0.1) is 18.0 Å². The van der Waals surface area contributed by atoms with Crippen LogP contribution in [-0.2, 0) is 17.1 Å². The molecule has 112 valence electrons. The van der Waals surface area contributed by atoms with E-state index in [2.05, 4.69) is 18.8 Å². The standard InChI is InChI=1S/C15H23ClN2OS/c1-3-15(4-2)5-7-18(8-6-15)14(19)9-13-17-12(10-16)11-20-13/h11H,3-10H2,1-2H3. The number of hydrogen-bond donors (Lipinski definition) is 0. The van der Waals surface area contributed by atoms with Crippen LogP contribution in [0.5, 0.6) is 0 Å². The van der Waals surface area contributed by atoms with E-state index in [-0.39, 0.29) is 5.91 Å². The Kier molecular flexibility index (Phi) is 5.44. The Balaban J connectivity index is 1.88. The fourth-order valence-corrected chi connectivity index (χ4v) is 3.93. The highest BCUT2D eigenvalue weighted by Crippen LogP contribution is 2.37. The number of alkyl halides is 1. The van der Waals surface area contributed by atoms with E-state index in [0.717, 1.165) is 36.6 Å². The smallest absolute Gasteiger partial charge is 0.229 e. The number of carbonyl (C=O) groups excluding carboxylic acids is 1. The maximum absolute atomic E-state index is 12.3. The van der Waals surface area contributed by atoms with Crippen LogP contribution in [0.25, 0.3) is 0 Å². The molecule has 1 aromatic heterocycles. The van der Waals surface area contributed by atoms with Gasteiger partial charge < -0.3 is 4.90 Å². The molecular formula is C15H23ClN2OS. The van der Waals surface area contributed by atoms with Crippen molar-refractivity contribution in [2.24, 2.45) is 5.41 Å². The van der Waals surface area contributed by atoms with Crippen molar-refractivity contribution in [3.05, 3.63) is 16.1 Å². The highest BCUT2D eigenvalue weighted by Gasteiger charge is 2.32. The third-order valence-electron chi connectivity index (χ3n) is 4.72. The van der Waals surface area contributed by atoms with Gasteiger partial charge in [-0.2, -0.15) is 0 Å². The molecule has 0 N–H and O–H groups in total. The van der Waals surface area contributed by atoms with E-state index in [1.165, 1.54) is 24.2 Å². The highest BCUT2D eigenvalue weighted by molar-refractivity contribution is 7.09. The summed E-state index contributed by atoms with van der Waals surface area (Å²) in [4.78, 5) is 18.7. The number of carbonyl (C=O) groups is 1. The maximum atomic E-state index is 12.3. The van der Waals surface area contributed by atoms with Gasteiger partial charge in [-0.05, 0) is 18.3 Å². The van der Waals surface area contributed by atoms with E-state index in [1.54, 1.807) is 0 Å². The average Bonchev–Trinajstić information content (AvgIpc) is 2.95. The van der Waals surface area contributed by atoms with Gasteiger partial charge in [0, 0.05) is 18.5 Å². The van der Waals surface area contributed by atoms with Gasteiger partial charge in [0.1, 0.15) is 5.01 Å². The molecule has 0 bridgehead atoms. The minimum atomic E-state index is 0.210. The second kappa shape index (κ2) is 6.90. The van der Waals surface area contributed by atoms with Crippen molar-refractivity contribution < 1.29 is 4.79 Å². The number of likely N-dealkylation sites (tertiary alicyclic amines) is 1. The minimum Gasteiger partial charge on any atom is -0.342 e. The van der Waals surface area contributed by atoms with Crippen molar-refractivity contribution in [1.82, 2.24) is 9.88 Å². The third-order valence-corrected chi connectivity index (χ3v) is 5.89. The van der Waals surface area contributed by atoms with Gasteiger partial charge in [0.15, 0.2) is 0 Å².